The fraction of sp³-hybridized carbons (Fsp3) is 0.400. The first-order valence-electron chi connectivity index (χ1n) is 4.53. The van der Waals surface area contributed by atoms with Gasteiger partial charge in [0.25, 0.3) is 0 Å². The minimum absolute atomic E-state index is 0.156. The van der Waals surface area contributed by atoms with Crippen LogP contribution in [0, 0.1) is 11.6 Å². The third kappa shape index (κ3) is 4.05. The Morgan fingerprint density at radius 2 is 2.07 bits per heavy atom. The molecule has 1 aromatic rings. The second kappa shape index (κ2) is 5.32. The summed E-state index contributed by atoms with van der Waals surface area (Å²) in [7, 11) is -1.13. The molecule has 0 aliphatic carbocycles. The Bertz CT molecular complexity index is 368. The van der Waals surface area contributed by atoms with Crippen molar-refractivity contribution in [2.45, 2.75) is 18.7 Å². The Hall–Kier alpha value is -0.810. The summed E-state index contributed by atoms with van der Waals surface area (Å²) in [6.07, 6.45) is 0. The van der Waals surface area contributed by atoms with E-state index in [9.17, 15) is 13.0 Å². The highest BCUT2D eigenvalue weighted by Crippen LogP contribution is 2.10. The van der Waals surface area contributed by atoms with Crippen LogP contribution in [0.25, 0.3) is 0 Å². The molecule has 2 atom stereocenters. The van der Waals surface area contributed by atoms with E-state index in [2.05, 4.69) is 0 Å². The molecule has 0 amide bonds. The quantitative estimate of drug-likeness (QED) is 0.857. The number of nitrogens with two attached hydrogens (primary N) is 1. The first-order chi connectivity index (χ1) is 6.99. The fourth-order valence-corrected chi connectivity index (χ4v) is 2.42. The Kier molecular flexibility index (Phi) is 4.35. The number of halogens is 2. The number of benzene rings is 1. The van der Waals surface area contributed by atoms with Crippen molar-refractivity contribution >= 4 is 10.8 Å². The van der Waals surface area contributed by atoms with Crippen molar-refractivity contribution in [1.82, 2.24) is 0 Å². The molecule has 2 unspecified atom stereocenters. The summed E-state index contributed by atoms with van der Waals surface area (Å²) < 4.78 is 36.8. The van der Waals surface area contributed by atoms with Crippen LogP contribution in [0.3, 0.4) is 0 Å². The van der Waals surface area contributed by atoms with E-state index in [1.54, 1.807) is 6.92 Å². The average Bonchev–Trinajstić information content (AvgIpc) is 2.10. The zero-order valence-corrected chi connectivity index (χ0v) is 9.19. The predicted octanol–water partition coefficient (Wildman–Crippen LogP) is 1.56. The normalized spacial score (nSPS) is 14.9. The maximum absolute atomic E-state index is 12.8. The van der Waals surface area contributed by atoms with Gasteiger partial charge in [0.05, 0.1) is 0 Å². The molecule has 1 aromatic carbocycles. The van der Waals surface area contributed by atoms with Crippen molar-refractivity contribution in [2.75, 3.05) is 5.75 Å². The third-order valence-electron chi connectivity index (χ3n) is 1.76. The van der Waals surface area contributed by atoms with Crippen LogP contribution in [0.4, 0.5) is 8.78 Å². The molecule has 5 heteroatoms. The van der Waals surface area contributed by atoms with Gasteiger partial charge in [0, 0.05) is 28.3 Å². The van der Waals surface area contributed by atoms with Crippen LogP contribution < -0.4 is 5.73 Å². The smallest absolute Gasteiger partial charge is 0.159 e. The summed E-state index contributed by atoms with van der Waals surface area (Å²) >= 11 is 0. The van der Waals surface area contributed by atoms with Crippen LogP contribution in [0.15, 0.2) is 18.2 Å². The summed E-state index contributed by atoms with van der Waals surface area (Å²) in [5.41, 5.74) is 6.00. The van der Waals surface area contributed by atoms with Crippen molar-refractivity contribution in [3.63, 3.8) is 0 Å². The Labute approximate surface area is 89.9 Å². The molecule has 15 heavy (non-hydrogen) atoms. The first-order valence-corrected chi connectivity index (χ1v) is 6.02. The highest BCUT2D eigenvalue weighted by molar-refractivity contribution is 7.84. The second-order valence-corrected chi connectivity index (χ2v) is 4.98. The van der Waals surface area contributed by atoms with E-state index in [0.717, 1.165) is 12.1 Å². The zero-order chi connectivity index (χ0) is 11.4. The molecule has 2 nitrogen and oxygen atoms in total. The summed E-state index contributed by atoms with van der Waals surface area (Å²) in [5.74, 6) is -1.24. The van der Waals surface area contributed by atoms with E-state index in [0.29, 0.717) is 11.3 Å². The Balaban J connectivity index is 2.65. The van der Waals surface area contributed by atoms with Gasteiger partial charge < -0.3 is 5.73 Å². The van der Waals surface area contributed by atoms with Gasteiger partial charge in [0.2, 0.25) is 0 Å². The molecule has 0 saturated carbocycles. The molecule has 1 rings (SSSR count). The third-order valence-corrected chi connectivity index (χ3v) is 3.31. The van der Waals surface area contributed by atoms with Gasteiger partial charge >= 0.3 is 0 Å². The van der Waals surface area contributed by atoms with Gasteiger partial charge in [-0.05, 0) is 24.6 Å². The molecule has 0 aliphatic rings. The maximum atomic E-state index is 12.8. The number of rotatable bonds is 4. The predicted molar refractivity (Wildman–Crippen MR) is 56.7 cm³/mol. The van der Waals surface area contributed by atoms with Crippen molar-refractivity contribution in [3.8, 4) is 0 Å². The molecule has 84 valence electrons. The lowest BCUT2D eigenvalue weighted by Crippen LogP contribution is -2.23. The van der Waals surface area contributed by atoms with Crippen LogP contribution in [0.5, 0.6) is 0 Å². The van der Waals surface area contributed by atoms with E-state index in [-0.39, 0.29) is 11.8 Å². The standard InChI is InChI=1S/C10H13F2NOS/c1-7(13)5-15(14)6-8-2-3-9(11)10(12)4-8/h2-4,7H,5-6,13H2,1H3. The van der Waals surface area contributed by atoms with Gasteiger partial charge in [-0.2, -0.15) is 0 Å². The second-order valence-electron chi connectivity index (χ2n) is 3.48. The molecule has 0 heterocycles. The van der Waals surface area contributed by atoms with Crippen LogP contribution in [-0.4, -0.2) is 16.0 Å². The molecule has 0 saturated heterocycles. The van der Waals surface area contributed by atoms with E-state index >= 15 is 0 Å². The van der Waals surface area contributed by atoms with Crippen LogP contribution >= 0.6 is 0 Å². The average molecular weight is 233 g/mol. The van der Waals surface area contributed by atoms with Crippen molar-refractivity contribution in [1.29, 1.82) is 0 Å². The van der Waals surface area contributed by atoms with E-state index in [4.69, 9.17) is 5.73 Å². The van der Waals surface area contributed by atoms with Gasteiger partial charge in [-0.15, -0.1) is 0 Å². The summed E-state index contributed by atoms with van der Waals surface area (Å²) in [5, 5.41) is 0. The molecule has 0 spiro atoms. The monoisotopic (exact) mass is 233 g/mol. The number of hydrogen-bond donors (Lipinski definition) is 1. The van der Waals surface area contributed by atoms with Crippen molar-refractivity contribution in [2.24, 2.45) is 5.73 Å². The number of hydrogen-bond acceptors (Lipinski definition) is 2. The molecule has 0 aromatic heterocycles. The van der Waals surface area contributed by atoms with Crippen LogP contribution in [0.2, 0.25) is 0 Å². The minimum atomic E-state index is -1.13. The largest absolute Gasteiger partial charge is 0.327 e. The molecular weight excluding hydrogens is 220 g/mol. The van der Waals surface area contributed by atoms with Crippen LogP contribution in [0.1, 0.15) is 12.5 Å². The van der Waals surface area contributed by atoms with Gasteiger partial charge in [-0.3, -0.25) is 4.21 Å². The van der Waals surface area contributed by atoms with Crippen molar-refractivity contribution < 1.29 is 13.0 Å². The highest BCUT2D eigenvalue weighted by atomic mass is 32.2. The summed E-state index contributed by atoms with van der Waals surface area (Å²) in [6.45, 7) is 1.75. The van der Waals surface area contributed by atoms with E-state index < -0.39 is 22.4 Å². The lowest BCUT2D eigenvalue weighted by atomic mass is 10.2. The Morgan fingerprint density at radius 1 is 1.40 bits per heavy atom. The summed E-state index contributed by atoms with van der Waals surface area (Å²) in [4.78, 5) is 0. The molecule has 0 fully saturated rings. The molecule has 0 aliphatic heterocycles. The van der Waals surface area contributed by atoms with E-state index in [1.165, 1.54) is 6.07 Å². The lowest BCUT2D eigenvalue weighted by molar-refractivity contribution is 0.507. The van der Waals surface area contributed by atoms with Gasteiger partial charge in [0.15, 0.2) is 11.6 Å². The highest BCUT2D eigenvalue weighted by Gasteiger charge is 2.07. The lowest BCUT2D eigenvalue weighted by Gasteiger charge is -2.05. The van der Waals surface area contributed by atoms with Gasteiger partial charge in [0.1, 0.15) is 0 Å². The maximum Gasteiger partial charge on any atom is 0.159 e. The Morgan fingerprint density at radius 3 is 2.60 bits per heavy atom. The van der Waals surface area contributed by atoms with E-state index in [1.807, 2.05) is 0 Å². The molecule has 2 N–H and O–H groups in total. The van der Waals surface area contributed by atoms with Gasteiger partial charge in [-0.1, -0.05) is 6.07 Å². The fourth-order valence-electron chi connectivity index (χ4n) is 1.17. The molecule has 0 radical (unpaired) electrons. The SMILES string of the molecule is CC(N)CS(=O)Cc1ccc(F)c(F)c1. The van der Waals surface area contributed by atoms with Crippen LogP contribution in [-0.2, 0) is 16.6 Å². The zero-order valence-electron chi connectivity index (χ0n) is 8.37. The first kappa shape index (κ1) is 12.3. The summed E-state index contributed by atoms with van der Waals surface area (Å²) in [6, 6.07) is 3.37. The van der Waals surface area contributed by atoms with Crippen molar-refractivity contribution in [3.05, 3.63) is 35.4 Å². The molecule has 0 bridgehead atoms. The topological polar surface area (TPSA) is 43.1 Å². The molecular formula is C10H13F2NOS. The van der Waals surface area contributed by atoms with Gasteiger partial charge in [-0.25, -0.2) is 8.78 Å². The minimum Gasteiger partial charge on any atom is -0.327 e.